The molecule has 1 aliphatic rings. The van der Waals surface area contributed by atoms with Crippen LogP contribution in [0.4, 0.5) is 11.4 Å². The van der Waals surface area contributed by atoms with Gasteiger partial charge in [-0.1, -0.05) is 0 Å². The number of hydrogen-bond acceptors (Lipinski definition) is 6. The molecule has 0 unspecified atom stereocenters. The van der Waals surface area contributed by atoms with E-state index in [1.165, 1.54) is 12.1 Å². The van der Waals surface area contributed by atoms with Crippen molar-refractivity contribution >= 4 is 33.0 Å². The van der Waals surface area contributed by atoms with Crippen LogP contribution in [0.1, 0.15) is 12.8 Å². The molecule has 1 N–H and O–H groups in total. The first-order valence-corrected chi connectivity index (χ1v) is 9.17. The van der Waals surface area contributed by atoms with Crippen LogP contribution in [0.3, 0.4) is 0 Å². The van der Waals surface area contributed by atoms with E-state index >= 15 is 0 Å². The van der Waals surface area contributed by atoms with E-state index in [1.807, 2.05) is 6.26 Å². The van der Waals surface area contributed by atoms with E-state index in [4.69, 9.17) is 0 Å². The Morgan fingerprint density at radius 3 is 2.55 bits per heavy atom. The lowest BCUT2D eigenvalue weighted by Crippen LogP contribution is -2.17. The van der Waals surface area contributed by atoms with Gasteiger partial charge in [-0.25, -0.2) is 8.42 Å². The fraction of sp³-hybridized carbons (Fsp3) is 0.500. The molecule has 0 bridgehead atoms. The molecule has 0 aliphatic heterocycles. The quantitative estimate of drug-likeness (QED) is 0.640. The van der Waals surface area contributed by atoms with Gasteiger partial charge in [0.1, 0.15) is 4.90 Å². The predicted molar refractivity (Wildman–Crippen MR) is 80.2 cm³/mol. The molecule has 0 heterocycles. The van der Waals surface area contributed by atoms with Gasteiger partial charge in [0.15, 0.2) is 9.84 Å². The summed E-state index contributed by atoms with van der Waals surface area (Å²) < 4.78 is 23.5. The molecular weight excluding hydrogens is 300 g/mol. The van der Waals surface area contributed by atoms with E-state index in [2.05, 4.69) is 5.32 Å². The van der Waals surface area contributed by atoms with Crippen molar-refractivity contribution in [3.05, 3.63) is 28.3 Å². The Kier molecular flexibility index (Phi) is 3.97. The molecule has 1 aliphatic carbocycles. The van der Waals surface area contributed by atoms with Crippen LogP contribution in [0.25, 0.3) is 0 Å². The van der Waals surface area contributed by atoms with E-state index in [0.717, 1.165) is 25.6 Å². The SMILES string of the molecule is CSC1(CNc2ccc([N+](=O)[O-])c(S(C)(=O)=O)c2)CC1. The molecule has 1 fully saturated rings. The number of anilines is 1. The number of thioether (sulfide) groups is 1. The Hall–Kier alpha value is -1.28. The second-order valence-electron chi connectivity index (χ2n) is 4.95. The molecule has 20 heavy (non-hydrogen) atoms. The van der Waals surface area contributed by atoms with Gasteiger partial charge in [0.25, 0.3) is 5.69 Å². The fourth-order valence-corrected chi connectivity index (χ4v) is 3.52. The molecular formula is C12H16N2O4S2. The summed E-state index contributed by atoms with van der Waals surface area (Å²) in [6.45, 7) is 0.731. The molecule has 1 aromatic rings. The number of benzene rings is 1. The highest BCUT2D eigenvalue weighted by molar-refractivity contribution is 8.00. The lowest BCUT2D eigenvalue weighted by atomic mass is 10.2. The average molecular weight is 316 g/mol. The van der Waals surface area contributed by atoms with Crippen molar-refractivity contribution < 1.29 is 13.3 Å². The zero-order chi connectivity index (χ0) is 15.0. The van der Waals surface area contributed by atoms with Crippen molar-refractivity contribution in [3.63, 3.8) is 0 Å². The third kappa shape index (κ3) is 3.24. The van der Waals surface area contributed by atoms with Crippen LogP contribution in [-0.2, 0) is 9.84 Å². The van der Waals surface area contributed by atoms with Gasteiger partial charge in [-0.05, 0) is 31.2 Å². The van der Waals surface area contributed by atoms with Crippen molar-refractivity contribution in [1.82, 2.24) is 0 Å². The molecule has 0 saturated heterocycles. The van der Waals surface area contributed by atoms with Gasteiger partial charge in [0, 0.05) is 29.3 Å². The van der Waals surface area contributed by atoms with Gasteiger partial charge in [-0.3, -0.25) is 10.1 Å². The van der Waals surface area contributed by atoms with E-state index < -0.39 is 14.8 Å². The third-order valence-corrected chi connectivity index (χ3v) is 5.96. The summed E-state index contributed by atoms with van der Waals surface area (Å²) in [5.74, 6) is 0. The number of nitrogens with zero attached hydrogens (tertiary/aromatic N) is 1. The van der Waals surface area contributed by atoms with Crippen LogP contribution in [0.2, 0.25) is 0 Å². The van der Waals surface area contributed by atoms with Crippen LogP contribution in [0.15, 0.2) is 23.1 Å². The van der Waals surface area contributed by atoms with E-state index in [0.29, 0.717) is 5.69 Å². The topological polar surface area (TPSA) is 89.3 Å². The smallest absolute Gasteiger partial charge is 0.288 e. The lowest BCUT2D eigenvalue weighted by molar-refractivity contribution is -0.387. The molecule has 2 rings (SSSR count). The van der Waals surface area contributed by atoms with Crippen LogP contribution in [0.5, 0.6) is 0 Å². The number of nitro benzene ring substituents is 1. The average Bonchev–Trinajstić information content (AvgIpc) is 3.15. The highest BCUT2D eigenvalue weighted by Gasteiger charge is 2.41. The first-order valence-electron chi connectivity index (χ1n) is 6.05. The maximum absolute atomic E-state index is 11.6. The number of hydrogen-bond donors (Lipinski definition) is 1. The van der Waals surface area contributed by atoms with Gasteiger partial charge >= 0.3 is 0 Å². The minimum Gasteiger partial charge on any atom is -0.384 e. The summed E-state index contributed by atoms with van der Waals surface area (Å²) in [5.41, 5.74) is 0.209. The zero-order valence-corrected chi connectivity index (χ0v) is 12.9. The fourth-order valence-electron chi connectivity index (χ4n) is 1.93. The summed E-state index contributed by atoms with van der Waals surface area (Å²) in [5, 5.41) is 14.0. The highest BCUT2D eigenvalue weighted by Crippen LogP contribution is 2.47. The van der Waals surface area contributed by atoms with Crippen LogP contribution in [0, 0.1) is 10.1 Å². The van der Waals surface area contributed by atoms with Gasteiger partial charge in [0.2, 0.25) is 0 Å². The Morgan fingerprint density at radius 2 is 2.10 bits per heavy atom. The number of nitrogens with one attached hydrogen (secondary N) is 1. The number of sulfone groups is 1. The van der Waals surface area contributed by atoms with Gasteiger partial charge in [0.05, 0.1) is 4.92 Å². The number of nitro groups is 1. The van der Waals surface area contributed by atoms with Gasteiger partial charge in [-0.15, -0.1) is 0 Å². The summed E-state index contributed by atoms with van der Waals surface area (Å²) in [7, 11) is -3.63. The largest absolute Gasteiger partial charge is 0.384 e. The minimum atomic E-state index is -3.63. The first-order chi connectivity index (χ1) is 9.27. The summed E-state index contributed by atoms with van der Waals surface area (Å²) in [4.78, 5) is 9.95. The Balaban J connectivity index is 2.26. The summed E-state index contributed by atoms with van der Waals surface area (Å²) in [6.07, 6.45) is 5.29. The molecule has 0 aromatic heterocycles. The van der Waals surface area contributed by atoms with Gasteiger partial charge in [-0.2, -0.15) is 11.8 Å². The molecule has 0 atom stereocenters. The normalized spacial score (nSPS) is 16.7. The molecule has 1 aromatic carbocycles. The Morgan fingerprint density at radius 1 is 1.45 bits per heavy atom. The van der Waals surface area contributed by atoms with Crippen LogP contribution < -0.4 is 5.32 Å². The molecule has 6 nitrogen and oxygen atoms in total. The second-order valence-corrected chi connectivity index (χ2v) is 8.21. The molecule has 8 heteroatoms. The minimum absolute atomic E-state index is 0.229. The zero-order valence-electron chi connectivity index (χ0n) is 11.3. The monoisotopic (exact) mass is 316 g/mol. The summed E-state index contributed by atoms with van der Waals surface area (Å²) in [6, 6.07) is 4.12. The van der Waals surface area contributed by atoms with E-state index in [-0.39, 0.29) is 15.3 Å². The molecule has 110 valence electrons. The van der Waals surface area contributed by atoms with Crippen LogP contribution >= 0.6 is 11.8 Å². The maximum Gasteiger partial charge on any atom is 0.288 e. The Labute approximate surface area is 122 Å². The molecule has 1 saturated carbocycles. The van der Waals surface area contributed by atoms with Crippen molar-refractivity contribution in [3.8, 4) is 0 Å². The number of rotatable bonds is 6. The van der Waals surface area contributed by atoms with Crippen molar-refractivity contribution in [2.24, 2.45) is 0 Å². The third-order valence-electron chi connectivity index (χ3n) is 3.41. The molecule has 0 radical (unpaired) electrons. The van der Waals surface area contributed by atoms with Gasteiger partial charge < -0.3 is 5.32 Å². The van der Waals surface area contributed by atoms with Crippen LogP contribution in [-0.4, -0.2) is 37.1 Å². The standard InChI is InChI=1S/C12H16N2O4S2/c1-19-12(5-6-12)8-13-9-3-4-10(14(15)16)11(7-9)20(2,17)18/h3-4,7,13H,5-6,8H2,1-2H3. The lowest BCUT2D eigenvalue weighted by Gasteiger charge is -2.14. The molecule has 0 spiro atoms. The molecule has 0 amide bonds. The van der Waals surface area contributed by atoms with E-state index in [1.54, 1.807) is 17.8 Å². The summed E-state index contributed by atoms with van der Waals surface area (Å²) >= 11 is 1.79. The highest BCUT2D eigenvalue weighted by atomic mass is 32.2. The Bertz CT molecular complexity index is 639. The van der Waals surface area contributed by atoms with E-state index in [9.17, 15) is 18.5 Å². The maximum atomic E-state index is 11.6. The van der Waals surface area contributed by atoms with Crippen molar-refractivity contribution in [1.29, 1.82) is 0 Å². The second kappa shape index (κ2) is 5.25. The van der Waals surface area contributed by atoms with Crippen molar-refractivity contribution in [2.45, 2.75) is 22.5 Å². The first kappa shape index (κ1) is 15.1. The van der Waals surface area contributed by atoms with Crippen molar-refractivity contribution in [2.75, 3.05) is 24.4 Å². The predicted octanol–water partition coefficient (Wildman–Crippen LogP) is 2.31.